The van der Waals surface area contributed by atoms with Crippen molar-refractivity contribution in [2.24, 2.45) is 0 Å². The molecule has 4 nitrogen and oxygen atoms in total. The highest BCUT2D eigenvalue weighted by molar-refractivity contribution is 5.04. The average molecular weight is 244 g/mol. The van der Waals surface area contributed by atoms with Gasteiger partial charge in [0.25, 0.3) is 0 Å². The molecule has 0 fully saturated rings. The Kier molecular flexibility index (Phi) is 4.90. The van der Waals surface area contributed by atoms with Crippen LogP contribution in [0.4, 0.5) is 0 Å². The van der Waals surface area contributed by atoms with Gasteiger partial charge in [0.1, 0.15) is 0 Å². The minimum Gasteiger partial charge on any atom is -0.337 e. The fourth-order valence-corrected chi connectivity index (χ4v) is 1.80. The van der Waals surface area contributed by atoms with Gasteiger partial charge in [0.05, 0.1) is 12.0 Å². The van der Waals surface area contributed by atoms with Crippen LogP contribution in [0.5, 0.6) is 0 Å². The maximum absolute atomic E-state index is 4.38. The Hall–Kier alpha value is -1.68. The molecule has 0 aromatic carbocycles. The van der Waals surface area contributed by atoms with E-state index in [1.165, 1.54) is 0 Å². The summed E-state index contributed by atoms with van der Waals surface area (Å²) in [5.74, 6) is 0. The minimum atomic E-state index is 0.852. The van der Waals surface area contributed by atoms with Crippen LogP contribution in [0, 0.1) is 0 Å². The van der Waals surface area contributed by atoms with E-state index in [1.54, 1.807) is 0 Å². The van der Waals surface area contributed by atoms with Gasteiger partial charge >= 0.3 is 0 Å². The van der Waals surface area contributed by atoms with Gasteiger partial charge in [-0.2, -0.15) is 0 Å². The molecule has 0 saturated carbocycles. The Labute approximate surface area is 108 Å². The number of aryl methyl sites for hydroxylation is 2. The van der Waals surface area contributed by atoms with Gasteiger partial charge in [0.2, 0.25) is 0 Å². The maximum Gasteiger partial charge on any atom is 0.0950 e. The third-order valence-electron chi connectivity index (χ3n) is 2.77. The fourth-order valence-electron chi connectivity index (χ4n) is 1.80. The second-order valence-electron chi connectivity index (χ2n) is 4.35. The molecule has 0 saturated heterocycles. The lowest BCUT2D eigenvalue weighted by Crippen LogP contribution is -2.13. The fraction of sp³-hybridized carbons (Fsp3) is 0.429. The first-order chi connectivity index (χ1) is 8.88. The molecule has 2 aromatic rings. The van der Waals surface area contributed by atoms with Crippen LogP contribution in [0.3, 0.4) is 0 Å². The van der Waals surface area contributed by atoms with Crippen molar-refractivity contribution in [3.63, 3.8) is 0 Å². The molecule has 0 bridgehead atoms. The van der Waals surface area contributed by atoms with Crippen molar-refractivity contribution < 1.29 is 0 Å². The second kappa shape index (κ2) is 6.91. The molecule has 0 radical (unpaired) electrons. The van der Waals surface area contributed by atoms with Crippen molar-refractivity contribution in [3.8, 4) is 0 Å². The first kappa shape index (κ1) is 12.8. The highest BCUT2D eigenvalue weighted by atomic mass is 15.0. The van der Waals surface area contributed by atoms with Crippen LogP contribution in [-0.4, -0.2) is 21.1 Å². The van der Waals surface area contributed by atoms with Crippen LogP contribution in [0.2, 0.25) is 0 Å². The van der Waals surface area contributed by atoms with Crippen LogP contribution < -0.4 is 5.32 Å². The molecule has 4 heteroatoms. The molecule has 2 aromatic heterocycles. The van der Waals surface area contributed by atoms with Gasteiger partial charge in [0, 0.05) is 37.6 Å². The van der Waals surface area contributed by atoms with Crippen molar-refractivity contribution in [2.45, 2.75) is 32.9 Å². The zero-order valence-corrected chi connectivity index (χ0v) is 10.8. The lowest BCUT2D eigenvalue weighted by atomic mass is 10.3. The zero-order chi connectivity index (χ0) is 12.6. The van der Waals surface area contributed by atoms with Gasteiger partial charge < -0.3 is 9.88 Å². The second-order valence-corrected chi connectivity index (χ2v) is 4.35. The van der Waals surface area contributed by atoms with Gasteiger partial charge in [-0.3, -0.25) is 4.98 Å². The van der Waals surface area contributed by atoms with E-state index in [0.717, 1.165) is 43.9 Å². The predicted molar refractivity (Wildman–Crippen MR) is 72.2 cm³/mol. The maximum atomic E-state index is 4.38. The van der Waals surface area contributed by atoms with E-state index in [-0.39, 0.29) is 0 Å². The molecule has 0 aliphatic heterocycles. The molecule has 96 valence electrons. The molecule has 2 rings (SSSR count). The van der Waals surface area contributed by atoms with Crippen LogP contribution in [-0.2, 0) is 19.5 Å². The molecule has 18 heavy (non-hydrogen) atoms. The van der Waals surface area contributed by atoms with Gasteiger partial charge in [-0.15, -0.1) is 0 Å². The molecular weight excluding hydrogens is 224 g/mol. The summed E-state index contributed by atoms with van der Waals surface area (Å²) in [6, 6.07) is 6.02. The summed E-state index contributed by atoms with van der Waals surface area (Å²) in [7, 11) is 0. The van der Waals surface area contributed by atoms with Crippen molar-refractivity contribution in [2.75, 3.05) is 6.54 Å². The van der Waals surface area contributed by atoms with Crippen LogP contribution >= 0.6 is 0 Å². The van der Waals surface area contributed by atoms with Crippen molar-refractivity contribution >= 4 is 0 Å². The molecule has 0 aliphatic carbocycles. The topological polar surface area (TPSA) is 42.7 Å². The van der Waals surface area contributed by atoms with Crippen molar-refractivity contribution in [1.29, 1.82) is 0 Å². The molecule has 1 N–H and O–H groups in total. The standard InChI is InChI=1S/C14H20N4/c1-2-7-15-10-14-11-18(12-17-14)9-6-13-5-3-4-8-16-13/h3-5,8,11-12,15H,2,6-7,9-10H2,1H3. The van der Waals surface area contributed by atoms with Crippen molar-refractivity contribution in [3.05, 3.63) is 48.3 Å². The summed E-state index contributed by atoms with van der Waals surface area (Å²) in [6.45, 7) is 4.99. The Morgan fingerprint density at radius 2 is 2.17 bits per heavy atom. The van der Waals surface area contributed by atoms with E-state index in [9.17, 15) is 0 Å². The average Bonchev–Trinajstić information content (AvgIpc) is 2.86. The quantitative estimate of drug-likeness (QED) is 0.758. The SMILES string of the molecule is CCCNCc1cn(CCc2ccccn2)cn1. The smallest absolute Gasteiger partial charge is 0.0950 e. The lowest BCUT2D eigenvalue weighted by Gasteiger charge is -2.01. The van der Waals surface area contributed by atoms with Crippen LogP contribution in [0.25, 0.3) is 0 Å². The number of imidazole rings is 1. The Morgan fingerprint density at radius 3 is 2.94 bits per heavy atom. The molecule has 0 amide bonds. The monoisotopic (exact) mass is 244 g/mol. The summed E-state index contributed by atoms with van der Waals surface area (Å²) >= 11 is 0. The summed E-state index contributed by atoms with van der Waals surface area (Å²) in [4.78, 5) is 8.70. The third-order valence-corrected chi connectivity index (χ3v) is 2.77. The van der Waals surface area contributed by atoms with E-state index in [4.69, 9.17) is 0 Å². The predicted octanol–water partition coefficient (Wildman–Crippen LogP) is 2.02. The number of aromatic nitrogens is 3. The first-order valence-corrected chi connectivity index (χ1v) is 6.49. The summed E-state index contributed by atoms with van der Waals surface area (Å²) in [5.41, 5.74) is 2.22. The van der Waals surface area contributed by atoms with Gasteiger partial charge in [-0.25, -0.2) is 4.98 Å². The number of hydrogen-bond acceptors (Lipinski definition) is 3. The lowest BCUT2D eigenvalue weighted by molar-refractivity contribution is 0.661. The number of nitrogens with one attached hydrogen (secondary N) is 1. The van der Waals surface area contributed by atoms with Gasteiger partial charge in [-0.05, 0) is 25.1 Å². The molecule has 0 atom stereocenters. The van der Waals surface area contributed by atoms with Gasteiger partial charge in [0.15, 0.2) is 0 Å². The molecule has 2 heterocycles. The Balaban J connectivity index is 1.80. The summed E-state index contributed by atoms with van der Waals surface area (Å²) in [5, 5.41) is 3.35. The van der Waals surface area contributed by atoms with E-state index >= 15 is 0 Å². The van der Waals surface area contributed by atoms with Crippen LogP contribution in [0.15, 0.2) is 36.9 Å². The van der Waals surface area contributed by atoms with Gasteiger partial charge in [-0.1, -0.05) is 13.0 Å². The summed E-state index contributed by atoms with van der Waals surface area (Å²) < 4.78 is 2.12. The highest BCUT2D eigenvalue weighted by Crippen LogP contribution is 2.00. The minimum absolute atomic E-state index is 0.852. The third kappa shape index (κ3) is 3.96. The molecular formula is C14H20N4. The molecule has 0 unspecified atom stereocenters. The summed E-state index contributed by atoms with van der Waals surface area (Å²) in [6.07, 6.45) is 7.93. The first-order valence-electron chi connectivity index (χ1n) is 6.49. The largest absolute Gasteiger partial charge is 0.337 e. The van der Waals surface area contributed by atoms with E-state index < -0.39 is 0 Å². The highest BCUT2D eigenvalue weighted by Gasteiger charge is 1.99. The number of pyridine rings is 1. The molecule has 0 aliphatic rings. The normalized spacial score (nSPS) is 10.7. The number of rotatable bonds is 7. The Bertz CT molecular complexity index is 450. The van der Waals surface area contributed by atoms with Crippen molar-refractivity contribution in [1.82, 2.24) is 19.9 Å². The van der Waals surface area contributed by atoms with E-state index in [0.29, 0.717) is 0 Å². The van der Waals surface area contributed by atoms with Crippen LogP contribution in [0.1, 0.15) is 24.7 Å². The zero-order valence-electron chi connectivity index (χ0n) is 10.8. The molecule has 0 spiro atoms. The number of hydrogen-bond donors (Lipinski definition) is 1. The Morgan fingerprint density at radius 1 is 1.22 bits per heavy atom. The van der Waals surface area contributed by atoms with E-state index in [2.05, 4.69) is 39.0 Å². The number of nitrogens with zero attached hydrogens (tertiary/aromatic N) is 3. The van der Waals surface area contributed by atoms with E-state index in [1.807, 2.05) is 24.7 Å².